The Morgan fingerprint density at radius 1 is 1.21 bits per heavy atom. The molecule has 0 amide bonds. The Balaban J connectivity index is 2.96. The lowest BCUT2D eigenvalue weighted by molar-refractivity contribution is -0.274. The highest BCUT2D eigenvalue weighted by molar-refractivity contribution is 9.09. The van der Waals surface area contributed by atoms with E-state index < -0.39 is 18.7 Å². The van der Waals surface area contributed by atoms with Gasteiger partial charge in [-0.15, -0.1) is 13.2 Å². The van der Waals surface area contributed by atoms with E-state index >= 15 is 0 Å². The Morgan fingerprint density at radius 2 is 1.89 bits per heavy atom. The largest absolute Gasteiger partial charge is 0.573 e. The Labute approximate surface area is 114 Å². The van der Waals surface area contributed by atoms with Gasteiger partial charge in [0.15, 0.2) is 0 Å². The Morgan fingerprint density at radius 3 is 2.42 bits per heavy atom. The van der Waals surface area contributed by atoms with E-state index in [9.17, 15) is 22.0 Å². The SMILES string of the molecule is FC(F)Oc1ccc(CCCBr)c(OC(F)(F)F)c1. The van der Waals surface area contributed by atoms with Gasteiger partial charge >= 0.3 is 13.0 Å². The molecule has 1 rings (SSSR count). The van der Waals surface area contributed by atoms with Gasteiger partial charge in [0, 0.05) is 11.4 Å². The third-order valence-electron chi connectivity index (χ3n) is 2.07. The molecule has 0 heterocycles. The predicted octanol–water partition coefficient (Wildman–Crippen LogP) is 4.51. The molecule has 0 aliphatic rings. The number of ether oxygens (including phenoxy) is 2. The zero-order chi connectivity index (χ0) is 14.5. The summed E-state index contributed by atoms with van der Waals surface area (Å²) in [6, 6.07) is 3.27. The van der Waals surface area contributed by atoms with E-state index in [1.165, 1.54) is 12.1 Å². The van der Waals surface area contributed by atoms with Gasteiger partial charge in [-0.2, -0.15) is 8.78 Å². The fraction of sp³-hybridized carbons (Fsp3) is 0.455. The molecule has 1 aromatic rings. The van der Waals surface area contributed by atoms with Gasteiger partial charge in [-0.05, 0) is 24.5 Å². The molecule has 0 spiro atoms. The van der Waals surface area contributed by atoms with E-state index in [-0.39, 0.29) is 11.3 Å². The van der Waals surface area contributed by atoms with E-state index in [2.05, 4.69) is 25.4 Å². The van der Waals surface area contributed by atoms with Gasteiger partial charge < -0.3 is 9.47 Å². The molecular weight excluding hydrogens is 339 g/mol. The summed E-state index contributed by atoms with van der Waals surface area (Å²) in [6.45, 7) is -3.10. The van der Waals surface area contributed by atoms with Crippen molar-refractivity contribution < 1.29 is 31.4 Å². The molecule has 0 aliphatic heterocycles. The van der Waals surface area contributed by atoms with Crippen LogP contribution in [0.2, 0.25) is 0 Å². The van der Waals surface area contributed by atoms with E-state index in [4.69, 9.17) is 0 Å². The van der Waals surface area contributed by atoms with Crippen LogP contribution in [-0.2, 0) is 6.42 Å². The second kappa shape index (κ2) is 6.93. The number of hydrogen-bond donors (Lipinski definition) is 0. The summed E-state index contributed by atoms with van der Waals surface area (Å²) in [5, 5.41) is 0.605. The predicted molar refractivity (Wildman–Crippen MR) is 61.9 cm³/mol. The second-order valence-electron chi connectivity index (χ2n) is 3.49. The third kappa shape index (κ3) is 6.09. The van der Waals surface area contributed by atoms with Crippen molar-refractivity contribution in [1.29, 1.82) is 0 Å². The maximum atomic E-state index is 12.2. The summed E-state index contributed by atoms with van der Waals surface area (Å²) in [7, 11) is 0. The molecule has 0 radical (unpaired) electrons. The Hall–Kier alpha value is -1.05. The minimum Gasteiger partial charge on any atom is -0.435 e. The quantitative estimate of drug-likeness (QED) is 0.556. The average molecular weight is 349 g/mol. The number of halogens is 6. The lowest BCUT2D eigenvalue weighted by Gasteiger charge is -2.14. The number of aryl methyl sites for hydroxylation is 1. The molecule has 0 saturated heterocycles. The number of rotatable bonds is 6. The molecule has 0 fully saturated rings. The van der Waals surface area contributed by atoms with Gasteiger partial charge in [-0.3, -0.25) is 0 Å². The number of hydrogen-bond acceptors (Lipinski definition) is 2. The highest BCUT2D eigenvalue weighted by atomic mass is 79.9. The van der Waals surface area contributed by atoms with E-state index in [0.29, 0.717) is 18.2 Å². The molecule has 0 aliphatic carbocycles. The molecule has 0 bridgehead atoms. The summed E-state index contributed by atoms with van der Waals surface area (Å²) in [5.74, 6) is -0.900. The molecule has 0 unspecified atom stereocenters. The van der Waals surface area contributed by atoms with Crippen LogP contribution in [0.5, 0.6) is 11.5 Å². The monoisotopic (exact) mass is 348 g/mol. The van der Waals surface area contributed by atoms with Gasteiger partial charge in [0.2, 0.25) is 0 Å². The van der Waals surface area contributed by atoms with Crippen molar-refractivity contribution >= 4 is 15.9 Å². The molecule has 8 heteroatoms. The van der Waals surface area contributed by atoms with Crippen LogP contribution in [0, 0.1) is 0 Å². The highest BCUT2D eigenvalue weighted by Gasteiger charge is 2.32. The van der Waals surface area contributed by atoms with Crippen molar-refractivity contribution in [3.63, 3.8) is 0 Å². The Bertz CT molecular complexity index is 409. The van der Waals surface area contributed by atoms with Gasteiger partial charge in [-0.1, -0.05) is 22.0 Å². The van der Waals surface area contributed by atoms with E-state index in [1.54, 1.807) is 0 Å². The maximum absolute atomic E-state index is 12.2. The maximum Gasteiger partial charge on any atom is 0.573 e. The molecular formula is C11H10BrF5O2. The van der Waals surface area contributed by atoms with Crippen LogP contribution in [-0.4, -0.2) is 18.3 Å². The summed E-state index contributed by atoms with van der Waals surface area (Å²) >= 11 is 3.15. The van der Waals surface area contributed by atoms with Gasteiger partial charge in [0.1, 0.15) is 11.5 Å². The first-order chi connectivity index (χ1) is 8.81. The van der Waals surface area contributed by atoms with Crippen LogP contribution in [0.25, 0.3) is 0 Å². The van der Waals surface area contributed by atoms with Crippen molar-refractivity contribution in [1.82, 2.24) is 0 Å². The zero-order valence-corrected chi connectivity index (χ0v) is 11.1. The summed E-state index contributed by atoms with van der Waals surface area (Å²) in [5.41, 5.74) is 0.276. The number of alkyl halides is 6. The fourth-order valence-corrected chi connectivity index (χ4v) is 1.67. The molecule has 1 aromatic carbocycles. The second-order valence-corrected chi connectivity index (χ2v) is 4.28. The number of benzene rings is 1. The van der Waals surface area contributed by atoms with Crippen molar-refractivity contribution in [2.24, 2.45) is 0 Å². The van der Waals surface area contributed by atoms with Crippen LogP contribution in [0.1, 0.15) is 12.0 Å². The zero-order valence-electron chi connectivity index (χ0n) is 9.52. The molecule has 0 N–H and O–H groups in total. The van der Waals surface area contributed by atoms with Gasteiger partial charge in [0.05, 0.1) is 0 Å². The fourth-order valence-electron chi connectivity index (χ4n) is 1.39. The van der Waals surface area contributed by atoms with Crippen molar-refractivity contribution in [3.05, 3.63) is 23.8 Å². The summed E-state index contributed by atoms with van der Waals surface area (Å²) in [4.78, 5) is 0. The van der Waals surface area contributed by atoms with E-state index in [1.807, 2.05) is 0 Å². The molecule has 0 atom stereocenters. The van der Waals surface area contributed by atoms with Crippen LogP contribution in [0.4, 0.5) is 22.0 Å². The smallest absolute Gasteiger partial charge is 0.435 e. The first-order valence-electron chi connectivity index (χ1n) is 5.21. The first kappa shape index (κ1) is 16.0. The first-order valence-corrected chi connectivity index (χ1v) is 6.33. The van der Waals surface area contributed by atoms with Crippen molar-refractivity contribution in [3.8, 4) is 11.5 Å². The lowest BCUT2D eigenvalue weighted by atomic mass is 10.1. The lowest BCUT2D eigenvalue weighted by Crippen LogP contribution is -2.18. The van der Waals surface area contributed by atoms with Crippen LogP contribution in [0.15, 0.2) is 18.2 Å². The van der Waals surface area contributed by atoms with Crippen LogP contribution >= 0.6 is 15.9 Å². The van der Waals surface area contributed by atoms with Crippen LogP contribution in [0.3, 0.4) is 0 Å². The van der Waals surface area contributed by atoms with E-state index in [0.717, 1.165) is 6.07 Å². The normalized spacial score (nSPS) is 11.7. The van der Waals surface area contributed by atoms with Gasteiger partial charge in [0.25, 0.3) is 0 Å². The molecule has 19 heavy (non-hydrogen) atoms. The topological polar surface area (TPSA) is 18.5 Å². The van der Waals surface area contributed by atoms with Crippen molar-refractivity contribution in [2.75, 3.05) is 5.33 Å². The molecule has 0 aromatic heterocycles. The third-order valence-corrected chi connectivity index (χ3v) is 2.63. The standard InChI is InChI=1S/C11H10BrF5O2/c12-5-1-2-7-3-4-8(18-10(13)14)6-9(7)19-11(15,16)17/h3-4,6,10H,1-2,5H2. The summed E-state index contributed by atoms with van der Waals surface area (Å²) < 4.78 is 68.5. The molecule has 108 valence electrons. The minimum atomic E-state index is -4.88. The Kier molecular flexibility index (Phi) is 5.84. The summed E-state index contributed by atoms with van der Waals surface area (Å²) in [6.07, 6.45) is -3.97. The average Bonchev–Trinajstić information content (AvgIpc) is 2.25. The van der Waals surface area contributed by atoms with Crippen LogP contribution < -0.4 is 9.47 Å². The molecule has 0 saturated carbocycles. The van der Waals surface area contributed by atoms with Crippen molar-refractivity contribution in [2.45, 2.75) is 25.8 Å². The van der Waals surface area contributed by atoms with Gasteiger partial charge in [-0.25, -0.2) is 0 Å². The minimum absolute atomic E-state index is 0.276. The molecule has 2 nitrogen and oxygen atoms in total. The highest BCUT2D eigenvalue weighted by Crippen LogP contribution is 2.31.